The lowest BCUT2D eigenvalue weighted by atomic mass is 9.96. The molecule has 1 N–H and O–H groups in total. The van der Waals surface area contributed by atoms with Gasteiger partial charge in [0.25, 0.3) is 0 Å². The van der Waals surface area contributed by atoms with E-state index in [0.717, 1.165) is 28.4 Å². The largest absolute Gasteiger partial charge is 0.507 e. The summed E-state index contributed by atoms with van der Waals surface area (Å²) in [5.41, 5.74) is 4.21. The first-order valence-corrected chi connectivity index (χ1v) is 11.2. The van der Waals surface area contributed by atoms with Crippen LogP contribution in [-0.4, -0.2) is 16.3 Å². The van der Waals surface area contributed by atoms with Crippen molar-refractivity contribution in [3.63, 3.8) is 0 Å². The molecule has 0 bridgehead atoms. The molecule has 0 amide bonds. The fourth-order valence-electron chi connectivity index (χ4n) is 3.60. The predicted molar refractivity (Wildman–Crippen MR) is 120 cm³/mol. The highest BCUT2D eigenvalue weighted by atomic mass is 35.5. The van der Waals surface area contributed by atoms with E-state index in [1.807, 2.05) is 12.1 Å². The lowest BCUT2D eigenvalue weighted by molar-refractivity contribution is 0.474. The normalized spacial score (nSPS) is 14.0. The number of thiazole rings is 1. The van der Waals surface area contributed by atoms with Gasteiger partial charge in [-0.3, -0.25) is 0 Å². The van der Waals surface area contributed by atoms with Crippen molar-refractivity contribution in [2.45, 2.75) is 25.7 Å². The Kier molecular flexibility index (Phi) is 4.67. The standard InChI is InChI=1S/C22H17ClN2OS2/c23-14-9-10-17(26)13(11-14)12-24-21-20(15-5-1-3-7-18(15)27-21)22-25-16-6-2-4-8-19(16)28-22/h2,4,6,8-12,26H,1,3,5,7H2. The second-order valence-corrected chi connectivity index (χ2v) is 9.39. The number of aryl methyl sites for hydroxylation is 1. The van der Waals surface area contributed by atoms with Crippen molar-refractivity contribution >= 4 is 55.7 Å². The zero-order chi connectivity index (χ0) is 19.1. The molecule has 0 fully saturated rings. The summed E-state index contributed by atoms with van der Waals surface area (Å²) in [7, 11) is 0. The Balaban J connectivity index is 1.64. The monoisotopic (exact) mass is 424 g/mol. The van der Waals surface area contributed by atoms with Crippen LogP contribution in [-0.2, 0) is 12.8 Å². The number of hydrogen-bond acceptors (Lipinski definition) is 5. The lowest BCUT2D eigenvalue weighted by Gasteiger charge is -2.11. The first kappa shape index (κ1) is 17.9. The number of halogens is 1. The fourth-order valence-corrected chi connectivity index (χ4v) is 6.12. The van der Waals surface area contributed by atoms with E-state index >= 15 is 0 Å². The summed E-state index contributed by atoms with van der Waals surface area (Å²) in [5.74, 6) is 0.177. The van der Waals surface area contributed by atoms with Gasteiger partial charge >= 0.3 is 0 Å². The molecule has 28 heavy (non-hydrogen) atoms. The number of para-hydroxylation sites is 1. The second kappa shape index (κ2) is 7.32. The Bertz CT molecular complexity index is 1180. The number of fused-ring (bicyclic) bond motifs is 2. The van der Waals surface area contributed by atoms with Gasteiger partial charge in [0.15, 0.2) is 0 Å². The zero-order valence-corrected chi connectivity index (χ0v) is 17.4. The number of nitrogens with zero attached hydrogens (tertiary/aromatic N) is 2. The Hall–Kier alpha value is -2.21. The van der Waals surface area contributed by atoms with Crippen molar-refractivity contribution < 1.29 is 5.11 Å². The van der Waals surface area contributed by atoms with E-state index in [4.69, 9.17) is 21.6 Å². The average molecular weight is 425 g/mol. The number of aliphatic imine (C=N–C) groups is 1. The minimum absolute atomic E-state index is 0.177. The molecular formula is C22H17ClN2OS2. The van der Waals surface area contributed by atoms with Crippen LogP contribution in [0, 0.1) is 0 Å². The van der Waals surface area contributed by atoms with Gasteiger partial charge in [-0.2, -0.15) is 0 Å². The Labute approximate surface area is 176 Å². The molecule has 0 saturated carbocycles. The molecule has 2 heterocycles. The Morgan fingerprint density at radius 2 is 1.93 bits per heavy atom. The number of aromatic nitrogens is 1. The van der Waals surface area contributed by atoms with Gasteiger partial charge in [-0.05, 0) is 61.6 Å². The maximum atomic E-state index is 10.1. The molecule has 4 aromatic rings. The molecule has 1 aliphatic rings. The smallest absolute Gasteiger partial charge is 0.127 e. The molecule has 0 atom stereocenters. The molecule has 0 spiro atoms. The summed E-state index contributed by atoms with van der Waals surface area (Å²) in [5, 5.41) is 12.7. The highest BCUT2D eigenvalue weighted by molar-refractivity contribution is 7.22. The maximum Gasteiger partial charge on any atom is 0.127 e. The molecule has 140 valence electrons. The highest BCUT2D eigenvalue weighted by Crippen LogP contribution is 2.47. The van der Waals surface area contributed by atoms with Crippen molar-refractivity contribution in [3.05, 3.63) is 63.5 Å². The van der Waals surface area contributed by atoms with Gasteiger partial charge in [-0.1, -0.05) is 23.7 Å². The molecule has 3 nitrogen and oxygen atoms in total. The fraction of sp³-hybridized carbons (Fsp3) is 0.182. The number of benzene rings is 2. The minimum atomic E-state index is 0.177. The predicted octanol–water partition coefficient (Wildman–Crippen LogP) is 7.01. The summed E-state index contributed by atoms with van der Waals surface area (Å²) in [6, 6.07) is 13.2. The van der Waals surface area contributed by atoms with Crippen molar-refractivity contribution in [1.29, 1.82) is 0 Å². The van der Waals surface area contributed by atoms with E-state index in [-0.39, 0.29) is 5.75 Å². The van der Waals surface area contributed by atoms with Gasteiger partial charge in [0, 0.05) is 21.7 Å². The van der Waals surface area contributed by atoms with Crippen LogP contribution in [0.4, 0.5) is 5.00 Å². The van der Waals surface area contributed by atoms with Gasteiger partial charge in [-0.15, -0.1) is 22.7 Å². The first-order chi connectivity index (χ1) is 13.7. The molecule has 0 saturated heterocycles. The summed E-state index contributed by atoms with van der Waals surface area (Å²) in [4.78, 5) is 11.1. The molecule has 0 unspecified atom stereocenters. The molecule has 6 heteroatoms. The summed E-state index contributed by atoms with van der Waals surface area (Å²) in [6.45, 7) is 0. The lowest BCUT2D eigenvalue weighted by Crippen LogP contribution is -1.99. The van der Waals surface area contributed by atoms with Crippen molar-refractivity contribution in [3.8, 4) is 16.3 Å². The average Bonchev–Trinajstić information content (AvgIpc) is 3.29. The third kappa shape index (κ3) is 3.24. The zero-order valence-electron chi connectivity index (χ0n) is 15.0. The topological polar surface area (TPSA) is 45.5 Å². The van der Waals surface area contributed by atoms with Crippen molar-refractivity contribution in [1.82, 2.24) is 4.98 Å². The minimum Gasteiger partial charge on any atom is -0.507 e. The summed E-state index contributed by atoms with van der Waals surface area (Å²) >= 11 is 9.55. The second-order valence-electron chi connectivity index (χ2n) is 6.84. The number of thiophene rings is 1. The van der Waals surface area contributed by atoms with E-state index in [2.05, 4.69) is 12.1 Å². The number of aromatic hydroxyl groups is 1. The highest BCUT2D eigenvalue weighted by Gasteiger charge is 2.23. The maximum absolute atomic E-state index is 10.1. The Morgan fingerprint density at radius 1 is 1.07 bits per heavy atom. The molecule has 2 aromatic carbocycles. The van der Waals surface area contributed by atoms with Gasteiger partial charge in [-0.25, -0.2) is 9.98 Å². The van der Waals surface area contributed by atoms with Crippen LogP contribution in [0.2, 0.25) is 5.02 Å². The van der Waals surface area contributed by atoms with Gasteiger partial charge in [0.05, 0.1) is 15.8 Å². The SMILES string of the molecule is Oc1ccc(Cl)cc1C=Nc1sc2c(c1-c1nc3ccccc3s1)CCCC2. The van der Waals surface area contributed by atoms with Crippen molar-refractivity contribution in [2.24, 2.45) is 4.99 Å². The third-order valence-electron chi connectivity index (χ3n) is 4.97. The van der Waals surface area contributed by atoms with Crippen LogP contribution < -0.4 is 0 Å². The quantitative estimate of drug-likeness (QED) is 0.359. The van der Waals surface area contributed by atoms with Gasteiger partial charge < -0.3 is 5.11 Å². The van der Waals surface area contributed by atoms with Gasteiger partial charge in [0.2, 0.25) is 0 Å². The summed E-state index contributed by atoms with van der Waals surface area (Å²) < 4.78 is 1.19. The molecular weight excluding hydrogens is 408 g/mol. The third-order valence-corrected chi connectivity index (χ3v) is 7.46. The van der Waals surface area contributed by atoms with Crippen LogP contribution in [0.5, 0.6) is 5.75 Å². The number of phenols is 1. The molecule has 0 radical (unpaired) electrons. The van der Waals surface area contributed by atoms with E-state index in [1.54, 1.807) is 47.1 Å². The van der Waals surface area contributed by atoms with Crippen molar-refractivity contribution in [2.75, 3.05) is 0 Å². The molecule has 0 aliphatic heterocycles. The molecule has 2 aromatic heterocycles. The van der Waals surface area contributed by atoms with Crippen LogP contribution in [0.25, 0.3) is 20.8 Å². The number of hydrogen-bond donors (Lipinski definition) is 1. The number of rotatable bonds is 3. The van der Waals surface area contributed by atoms with Gasteiger partial charge in [0.1, 0.15) is 15.8 Å². The first-order valence-electron chi connectivity index (χ1n) is 9.22. The van der Waals surface area contributed by atoms with E-state index < -0.39 is 0 Å². The van der Waals surface area contributed by atoms with Crippen LogP contribution in [0.1, 0.15) is 28.8 Å². The van der Waals surface area contributed by atoms with E-state index in [1.165, 1.54) is 33.5 Å². The summed E-state index contributed by atoms with van der Waals surface area (Å²) in [6.07, 6.45) is 6.32. The Morgan fingerprint density at radius 3 is 2.82 bits per heavy atom. The van der Waals surface area contributed by atoms with Crippen LogP contribution in [0.3, 0.4) is 0 Å². The van der Waals surface area contributed by atoms with Crippen LogP contribution in [0.15, 0.2) is 47.5 Å². The molecule has 1 aliphatic carbocycles. The van der Waals surface area contributed by atoms with E-state index in [9.17, 15) is 5.11 Å². The van der Waals surface area contributed by atoms with E-state index in [0.29, 0.717) is 10.6 Å². The number of phenolic OH excluding ortho intramolecular Hbond substituents is 1. The van der Waals surface area contributed by atoms with Crippen LogP contribution >= 0.6 is 34.3 Å². The molecule has 5 rings (SSSR count).